The minimum atomic E-state index is -1.18. The van der Waals surface area contributed by atoms with E-state index in [9.17, 15) is 13.2 Å². The lowest BCUT2D eigenvalue weighted by atomic mass is 10.1. The number of benzene rings is 1. The van der Waals surface area contributed by atoms with Gasteiger partial charge in [0.05, 0.1) is 0 Å². The fraction of sp³-hybridized carbons (Fsp3) is 0.214. The molecule has 1 aromatic heterocycles. The molecule has 0 saturated carbocycles. The van der Waals surface area contributed by atoms with Crippen molar-refractivity contribution < 1.29 is 13.2 Å². The van der Waals surface area contributed by atoms with Crippen molar-refractivity contribution in [1.82, 2.24) is 10.3 Å². The molecule has 2 aromatic rings. The van der Waals surface area contributed by atoms with Crippen LogP contribution in [0.15, 0.2) is 36.7 Å². The standard InChI is InChI=1S/C14H13F3N2/c1-9(10-3-2-4-18-7-10)19-8-11-5-13(16)14(17)6-12(11)15/h2-7,9,19H,8H2,1H3/t9-/m1/s1. The van der Waals surface area contributed by atoms with E-state index in [-0.39, 0.29) is 18.2 Å². The molecule has 2 nitrogen and oxygen atoms in total. The van der Waals surface area contributed by atoms with E-state index >= 15 is 0 Å². The van der Waals surface area contributed by atoms with Gasteiger partial charge in [0.25, 0.3) is 0 Å². The molecule has 19 heavy (non-hydrogen) atoms. The number of halogens is 3. The van der Waals surface area contributed by atoms with Crippen molar-refractivity contribution in [3.63, 3.8) is 0 Å². The highest BCUT2D eigenvalue weighted by Gasteiger charge is 2.11. The first-order chi connectivity index (χ1) is 9.08. The molecule has 0 amide bonds. The zero-order valence-corrected chi connectivity index (χ0v) is 10.3. The lowest BCUT2D eigenvalue weighted by molar-refractivity contribution is 0.482. The van der Waals surface area contributed by atoms with Gasteiger partial charge in [0.15, 0.2) is 11.6 Å². The summed E-state index contributed by atoms with van der Waals surface area (Å²) in [5.41, 5.74) is 1.03. The normalized spacial score (nSPS) is 12.4. The molecule has 100 valence electrons. The van der Waals surface area contributed by atoms with Gasteiger partial charge in [-0.25, -0.2) is 13.2 Å². The molecule has 1 atom stereocenters. The summed E-state index contributed by atoms with van der Waals surface area (Å²) in [4.78, 5) is 3.98. The minimum absolute atomic E-state index is 0.0683. The Morgan fingerprint density at radius 3 is 2.58 bits per heavy atom. The van der Waals surface area contributed by atoms with Crippen molar-refractivity contribution in [3.8, 4) is 0 Å². The summed E-state index contributed by atoms with van der Waals surface area (Å²) >= 11 is 0. The van der Waals surface area contributed by atoms with Crippen LogP contribution in [0.5, 0.6) is 0 Å². The molecule has 2 rings (SSSR count). The van der Waals surface area contributed by atoms with Gasteiger partial charge in [-0.05, 0) is 24.6 Å². The Balaban J connectivity index is 2.05. The monoisotopic (exact) mass is 266 g/mol. The lowest BCUT2D eigenvalue weighted by Gasteiger charge is -2.14. The van der Waals surface area contributed by atoms with E-state index in [1.807, 2.05) is 13.0 Å². The number of hydrogen-bond donors (Lipinski definition) is 1. The van der Waals surface area contributed by atoms with Crippen molar-refractivity contribution in [2.24, 2.45) is 0 Å². The largest absolute Gasteiger partial charge is 0.306 e. The van der Waals surface area contributed by atoms with Crippen LogP contribution in [0.3, 0.4) is 0 Å². The van der Waals surface area contributed by atoms with Gasteiger partial charge in [0.1, 0.15) is 5.82 Å². The predicted octanol–water partition coefficient (Wildman–Crippen LogP) is 3.35. The van der Waals surface area contributed by atoms with Crippen LogP contribution >= 0.6 is 0 Å². The van der Waals surface area contributed by atoms with Crippen molar-refractivity contribution in [2.75, 3.05) is 0 Å². The molecule has 5 heteroatoms. The van der Waals surface area contributed by atoms with Crippen LogP contribution in [0.4, 0.5) is 13.2 Å². The topological polar surface area (TPSA) is 24.9 Å². The molecule has 0 fully saturated rings. The Bertz CT molecular complexity index is 558. The quantitative estimate of drug-likeness (QED) is 0.858. The van der Waals surface area contributed by atoms with Gasteiger partial charge < -0.3 is 5.32 Å². The number of nitrogens with zero attached hydrogens (tertiary/aromatic N) is 1. The van der Waals surface area contributed by atoms with Gasteiger partial charge in [-0.1, -0.05) is 6.07 Å². The van der Waals surface area contributed by atoms with E-state index in [1.165, 1.54) is 0 Å². The maximum atomic E-state index is 13.4. The van der Waals surface area contributed by atoms with Gasteiger partial charge in [-0.15, -0.1) is 0 Å². The summed E-state index contributed by atoms with van der Waals surface area (Å²) in [7, 11) is 0. The van der Waals surface area contributed by atoms with Gasteiger partial charge in [0.2, 0.25) is 0 Å². The van der Waals surface area contributed by atoms with Crippen LogP contribution in [0, 0.1) is 17.5 Å². The van der Waals surface area contributed by atoms with Crippen LogP contribution in [-0.2, 0) is 6.54 Å². The SMILES string of the molecule is C[C@@H](NCc1cc(F)c(F)cc1F)c1cccnc1. The Labute approximate surface area is 109 Å². The molecule has 0 bridgehead atoms. The molecule has 0 spiro atoms. The predicted molar refractivity (Wildman–Crippen MR) is 65.8 cm³/mol. The van der Waals surface area contributed by atoms with Crippen molar-refractivity contribution >= 4 is 0 Å². The number of aromatic nitrogens is 1. The van der Waals surface area contributed by atoms with Crippen LogP contribution in [0.1, 0.15) is 24.1 Å². The minimum Gasteiger partial charge on any atom is -0.306 e. The van der Waals surface area contributed by atoms with E-state index in [4.69, 9.17) is 0 Å². The third-order valence-electron chi connectivity index (χ3n) is 2.87. The molecular formula is C14H13F3N2. The number of rotatable bonds is 4. The number of nitrogens with one attached hydrogen (secondary N) is 1. The Kier molecular flexibility index (Phi) is 4.16. The Morgan fingerprint density at radius 1 is 1.16 bits per heavy atom. The molecule has 1 aromatic carbocycles. The highest BCUT2D eigenvalue weighted by atomic mass is 19.2. The Hall–Kier alpha value is -1.88. The first kappa shape index (κ1) is 13.5. The van der Waals surface area contributed by atoms with Crippen LogP contribution < -0.4 is 5.32 Å². The molecule has 0 aliphatic rings. The first-order valence-corrected chi connectivity index (χ1v) is 5.84. The third kappa shape index (κ3) is 3.32. The zero-order valence-electron chi connectivity index (χ0n) is 10.3. The van der Waals surface area contributed by atoms with E-state index in [0.29, 0.717) is 6.07 Å². The second-order valence-electron chi connectivity index (χ2n) is 4.25. The Morgan fingerprint density at radius 2 is 1.89 bits per heavy atom. The number of pyridine rings is 1. The summed E-state index contributed by atoms with van der Waals surface area (Å²) in [6, 6.07) is 5.04. The second-order valence-corrected chi connectivity index (χ2v) is 4.25. The molecule has 0 aliphatic heterocycles. The smallest absolute Gasteiger partial charge is 0.161 e. The summed E-state index contributed by atoms with van der Waals surface area (Å²) in [5, 5.41) is 3.03. The van der Waals surface area contributed by atoms with Crippen molar-refractivity contribution in [2.45, 2.75) is 19.5 Å². The fourth-order valence-corrected chi connectivity index (χ4v) is 1.71. The third-order valence-corrected chi connectivity index (χ3v) is 2.87. The molecule has 0 aliphatic carbocycles. The summed E-state index contributed by atoms with van der Waals surface area (Å²) < 4.78 is 39.2. The van der Waals surface area contributed by atoms with Crippen LogP contribution in [-0.4, -0.2) is 4.98 Å². The van der Waals surface area contributed by atoms with E-state index < -0.39 is 17.5 Å². The second kappa shape index (κ2) is 5.84. The first-order valence-electron chi connectivity index (χ1n) is 5.84. The average molecular weight is 266 g/mol. The molecule has 0 radical (unpaired) electrons. The molecule has 0 unspecified atom stereocenters. The van der Waals surface area contributed by atoms with Crippen molar-refractivity contribution in [3.05, 3.63) is 65.2 Å². The van der Waals surface area contributed by atoms with Crippen LogP contribution in [0.2, 0.25) is 0 Å². The van der Waals surface area contributed by atoms with E-state index in [2.05, 4.69) is 10.3 Å². The molecular weight excluding hydrogens is 253 g/mol. The van der Waals surface area contributed by atoms with Gasteiger partial charge in [-0.3, -0.25) is 4.98 Å². The molecule has 1 heterocycles. The summed E-state index contributed by atoms with van der Waals surface area (Å²) in [6.07, 6.45) is 3.35. The lowest BCUT2D eigenvalue weighted by Crippen LogP contribution is -2.19. The van der Waals surface area contributed by atoms with Gasteiger partial charge >= 0.3 is 0 Å². The highest BCUT2D eigenvalue weighted by Crippen LogP contribution is 2.16. The van der Waals surface area contributed by atoms with Crippen LogP contribution in [0.25, 0.3) is 0 Å². The summed E-state index contributed by atoms with van der Waals surface area (Å²) in [6.45, 7) is 1.99. The molecule has 1 N–H and O–H groups in total. The fourth-order valence-electron chi connectivity index (χ4n) is 1.71. The average Bonchev–Trinajstić information content (AvgIpc) is 2.42. The molecule has 0 saturated heterocycles. The van der Waals surface area contributed by atoms with E-state index in [0.717, 1.165) is 11.6 Å². The van der Waals surface area contributed by atoms with Gasteiger partial charge in [0, 0.05) is 36.6 Å². The van der Waals surface area contributed by atoms with Crippen molar-refractivity contribution in [1.29, 1.82) is 0 Å². The zero-order chi connectivity index (χ0) is 13.8. The van der Waals surface area contributed by atoms with Gasteiger partial charge in [-0.2, -0.15) is 0 Å². The summed E-state index contributed by atoms with van der Waals surface area (Å²) in [5.74, 6) is -2.99. The van der Waals surface area contributed by atoms with E-state index in [1.54, 1.807) is 18.5 Å². The maximum absolute atomic E-state index is 13.4. The highest BCUT2D eigenvalue weighted by molar-refractivity contribution is 5.20. The number of hydrogen-bond acceptors (Lipinski definition) is 2. The maximum Gasteiger partial charge on any atom is 0.161 e.